The first-order valence-electron chi connectivity index (χ1n) is 5.58. The third kappa shape index (κ3) is 10.1. The van der Waals surface area contributed by atoms with Crippen LogP contribution in [-0.4, -0.2) is 94.7 Å². The van der Waals surface area contributed by atoms with E-state index >= 15 is 0 Å². The van der Waals surface area contributed by atoms with Gasteiger partial charge in [0, 0.05) is 32.8 Å². The molecule has 0 spiro atoms. The molecule has 0 aromatic heterocycles. The van der Waals surface area contributed by atoms with Gasteiger partial charge in [-0.05, 0) is 42.3 Å². The zero-order valence-electron chi connectivity index (χ0n) is 11.3. The van der Waals surface area contributed by atoms with E-state index in [-0.39, 0.29) is 0 Å². The van der Waals surface area contributed by atoms with E-state index in [1.54, 1.807) is 0 Å². The van der Waals surface area contributed by atoms with Gasteiger partial charge >= 0.3 is 0 Å². The van der Waals surface area contributed by atoms with Crippen LogP contribution in [0.5, 0.6) is 0 Å². The van der Waals surface area contributed by atoms with Gasteiger partial charge in [0.05, 0.1) is 0 Å². The summed E-state index contributed by atoms with van der Waals surface area (Å²) in [5, 5.41) is 0. The van der Waals surface area contributed by atoms with Gasteiger partial charge in [-0.25, -0.2) is 0 Å². The molecule has 0 aliphatic rings. The molecule has 4 nitrogen and oxygen atoms in total. The smallest absolute Gasteiger partial charge is 0.0498 e. The summed E-state index contributed by atoms with van der Waals surface area (Å²) in [5.41, 5.74) is 0. The second-order valence-corrected chi connectivity index (χ2v) is 4.91. The molecule has 0 heterocycles. The van der Waals surface area contributed by atoms with Gasteiger partial charge in [-0.3, -0.25) is 9.80 Å². The van der Waals surface area contributed by atoms with Crippen molar-refractivity contribution >= 4 is 0 Å². The van der Waals surface area contributed by atoms with Gasteiger partial charge in [0.15, 0.2) is 0 Å². The van der Waals surface area contributed by atoms with Crippen LogP contribution in [0.25, 0.3) is 0 Å². The maximum Gasteiger partial charge on any atom is 0.0498 e. The zero-order valence-corrected chi connectivity index (χ0v) is 11.3. The molecule has 0 aliphatic heterocycles. The lowest BCUT2D eigenvalue weighted by Gasteiger charge is -2.25. The largest absolute Gasteiger partial charge is 0.308 e. The van der Waals surface area contributed by atoms with Crippen LogP contribution in [0.1, 0.15) is 0 Å². The minimum atomic E-state index is 1.03. The Kier molecular flexibility index (Phi) is 7.96. The van der Waals surface area contributed by atoms with Crippen LogP contribution in [-0.2, 0) is 0 Å². The van der Waals surface area contributed by atoms with E-state index in [1.165, 1.54) is 0 Å². The molecule has 0 fully saturated rings. The molecule has 0 amide bonds. The van der Waals surface area contributed by atoms with Gasteiger partial charge in [-0.2, -0.15) is 0 Å². The second-order valence-electron chi connectivity index (χ2n) is 4.91. The van der Waals surface area contributed by atoms with Crippen LogP contribution in [0.15, 0.2) is 0 Å². The van der Waals surface area contributed by atoms with Gasteiger partial charge in [0.25, 0.3) is 0 Å². The SMILES string of the molecule is CN(C)CCN(C)CCN(C)CN(C)C. The Hall–Kier alpha value is -0.160. The van der Waals surface area contributed by atoms with Crippen molar-refractivity contribution in [2.24, 2.45) is 0 Å². The summed E-state index contributed by atoms with van der Waals surface area (Å²) in [6.07, 6.45) is 0. The van der Waals surface area contributed by atoms with Gasteiger partial charge in [-0.15, -0.1) is 0 Å². The summed E-state index contributed by atoms with van der Waals surface area (Å²) in [6, 6.07) is 0. The van der Waals surface area contributed by atoms with Crippen molar-refractivity contribution in [3.05, 3.63) is 0 Å². The summed E-state index contributed by atoms with van der Waals surface area (Å²) < 4.78 is 0. The molecule has 0 aliphatic carbocycles. The van der Waals surface area contributed by atoms with E-state index in [4.69, 9.17) is 0 Å². The maximum atomic E-state index is 2.38. The fourth-order valence-corrected chi connectivity index (χ4v) is 1.38. The van der Waals surface area contributed by atoms with E-state index in [9.17, 15) is 0 Å². The van der Waals surface area contributed by atoms with E-state index in [0.29, 0.717) is 0 Å². The van der Waals surface area contributed by atoms with Crippen LogP contribution in [0.4, 0.5) is 0 Å². The first-order chi connectivity index (χ1) is 6.91. The summed E-state index contributed by atoms with van der Waals surface area (Å²) in [7, 11) is 12.8. The Balaban J connectivity index is 3.48. The fraction of sp³-hybridized carbons (Fsp3) is 1.00. The number of rotatable bonds is 8. The lowest BCUT2D eigenvalue weighted by molar-refractivity contribution is 0.182. The van der Waals surface area contributed by atoms with Gasteiger partial charge < -0.3 is 9.80 Å². The Morgan fingerprint density at radius 2 is 1.00 bits per heavy atom. The van der Waals surface area contributed by atoms with Crippen molar-refractivity contribution in [1.29, 1.82) is 0 Å². The van der Waals surface area contributed by atoms with E-state index in [0.717, 1.165) is 32.8 Å². The Labute approximate surface area is 95.4 Å². The predicted molar refractivity (Wildman–Crippen MR) is 67.2 cm³/mol. The van der Waals surface area contributed by atoms with Gasteiger partial charge in [-0.1, -0.05) is 0 Å². The lowest BCUT2D eigenvalue weighted by Crippen LogP contribution is -2.38. The van der Waals surface area contributed by atoms with Gasteiger partial charge in [0.2, 0.25) is 0 Å². The lowest BCUT2D eigenvalue weighted by atomic mass is 10.4. The highest BCUT2D eigenvalue weighted by atomic mass is 15.3. The van der Waals surface area contributed by atoms with Crippen molar-refractivity contribution < 1.29 is 0 Å². The molecule has 0 unspecified atom stereocenters. The molecule has 4 heteroatoms. The van der Waals surface area contributed by atoms with E-state index in [1.807, 2.05) is 0 Å². The van der Waals surface area contributed by atoms with Gasteiger partial charge in [0.1, 0.15) is 0 Å². The Bertz CT molecular complexity index is 148. The molecule has 0 bridgehead atoms. The third-order valence-corrected chi connectivity index (χ3v) is 2.32. The van der Waals surface area contributed by atoms with Crippen LogP contribution in [0.2, 0.25) is 0 Å². The molecular weight excluding hydrogens is 188 g/mol. The standard InChI is InChI=1S/C11H28N4/c1-12(2)7-8-14(5)9-10-15(6)11-13(3)4/h7-11H2,1-6H3. The first kappa shape index (κ1) is 14.8. The average molecular weight is 216 g/mol. The Morgan fingerprint density at radius 1 is 0.533 bits per heavy atom. The molecule has 0 aromatic rings. The molecule has 0 aromatic carbocycles. The number of hydrogen-bond acceptors (Lipinski definition) is 4. The molecule has 0 rings (SSSR count). The number of nitrogens with zero attached hydrogens (tertiary/aromatic N) is 4. The minimum absolute atomic E-state index is 1.03. The van der Waals surface area contributed by atoms with Crippen LogP contribution in [0, 0.1) is 0 Å². The third-order valence-electron chi connectivity index (χ3n) is 2.32. The topological polar surface area (TPSA) is 13.0 Å². The highest BCUT2D eigenvalue weighted by Crippen LogP contribution is 1.88. The van der Waals surface area contributed by atoms with Crippen molar-refractivity contribution in [2.75, 3.05) is 75.1 Å². The highest BCUT2D eigenvalue weighted by Gasteiger charge is 2.03. The summed E-state index contributed by atoms with van der Waals surface area (Å²) in [6.45, 7) is 5.57. The summed E-state index contributed by atoms with van der Waals surface area (Å²) >= 11 is 0. The molecule has 15 heavy (non-hydrogen) atoms. The average Bonchev–Trinajstić information content (AvgIpc) is 2.10. The number of likely N-dealkylation sites (N-methyl/N-ethyl adjacent to an activating group) is 3. The quantitative estimate of drug-likeness (QED) is 0.527. The molecule has 0 atom stereocenters. The molecule has 0 radical (unpaired) electrons. The van der Waals surface area contributed by atoms with Crippen LogP contribution < -0.4 is 0 Å². The maximum absolute atomic E-state index is 2.38. The van der Waals surface area contributed by atoms with Crippen LogP contribution >= 0.6 is 0 Å². The Morgan fingerprint density at radius 3 is 1.47 bits per heavy atom. The van der Waals surface area contributed by atoms with Crippen molar-refractivity contribution in [2.45, 2.75) is 0 Å². The second kappa shape index (κ2) is 8.05. The van der Waals surface area contributed by atoms with Crippen molar-refractivity contribution in [3.8, 4) is 0 Å². The monoisotopic (exact) mass is 216 g/mol. The predicted octanol–water partition coefficient (Wildman–Crippen LogP) is -0.0693. The van der Waals surface area contributed by atoms with Crippen LogP contribution in [0.3, 0.4) is 0 Å². The van der Waals surface area contributed by atoms with E-state index in [2.05, 4.69) is 61.9 Å². The summed E-state index contributed by atoms with van der Waals surface area (Å²) in [4.78, 5) is 9.14. The van der Waals surface area contributed by atoms with E-state index < -0.39 is 0 Å². The highest BCUT2D eigenvalue weighted by molar-refractivity contribution is 4.57. The van der Waals surface area contributed by atoms with Crippen molar-refractivity contribution in [3.63, 3.8) is 0 Å². The molecule has 92 valence electrons. The first-order valence-corrected chi connectivity index (χ1v) is 5.58. The zero-order chi connectivity index (χ0) is 11.8. The normalized spacial score (nSPS) is 12.4. The fourth-order valence-electron chi connectivity index (χ4n) is 1.38. The van der Waals surface area contributed by atoms with Crippen molar-refractivity contribution in [1.82, 2.24) is 19.6 Å². The number of hydrogen-bond donors (Lipinski definition) is 0. The minimum Gasteiger partial charge on any atom is -0.308 e. The molecule has 0 saturated carbocycles. The molecule has 0 N–H and O–H groups in total. The molecular formula is C11H28N4. The summed E-state index contributed by atoms with van der Waals surface area (Å²) in [5.74, 6) is 0. The molecule has 0 saturated heterocycles.